The van der Waals surface area contributed by atoms with Crippen LogP contribution in [0.4, 0.5) is 16.2 Å². The second-order valence-electron chi connectivity index (χ2n) is 6.54. The van der Waals surface area contributed by atoms with Gasteiger partial charge in [-0.1, -0.05) is 25.4 Å². The highest BCUT2D eigenvalue weighted by atomic mass is 35.5. The van der Waals surface area contributed by atoms with Crippen LogP contribution < -0.4 is 15.8 Å². The van der Waals surface area contributed by atoms with E-state index >= 15 is 0 Å². The Morgan fingerprint density at radius 2 is 2.04 bits per heavy atom. The summed E-state index contributed by atoms with van der Waals surface area (Å²) in [6.45, 7) is 7.70. The number of nitrogens with zero attached hydrogens (tertiary/aromatic N) is 1. The third-order valence-electron chi connectivity index (χ3n) is 4.14. The lowest BCUT2D eigenvalue weighted by Crippen LogP contribution is -2.40. The van der Waals surface area contributed by atoms with Crippen molar-refractivity contribution in [2.24, 2.45) is 11.8 Å². The van der Waals surface area contributed by atoms with E-state index in [4.69, 9.17) is 26.8 Å². The van der Waals surface area contributed by atoms with Gasteiger partial charge in [-0.15, -0.1) is 0 Å². The maximum atomic E-state index is 12.0. The summed E-state index contributed by atoms with van der Waals surface area (Å²) in [5.41, 5.74) is 6.54. The molecule has 134 valence electrons. The van der Waals surface area contributed by atoms with Crippen LogP contribution in [0.3, 0.4) is 0 Å². The molecular formula is C17H26ClN3O3. The summed E-state index contributed by atoms with van der Waals surface area (Å²) in [6, 6.07) is 3.11. The summed E-state index contributed by atoms with van der Waals surface area (Å²) < 4.78 is 10.5. The van der Waals surface area contributed by atoms with Gasteiger partial charge in [-0.25, -0.2) is 4.79 Å². The van der Waals surface area contributed by atoms with E-state index in [0.29, 0.717) is 40.6 Å². The molecule has 7 heteroatoms. The van der Waals surface area contributed by atoms with Crippen molar-refractivity contribution in [3.8, 4) is 5.75 Å². The van der Waals surface area contributed by atoms with Crippen LogP contribution in [-0.2, 0) is 4.74 Å². The lowest BCUT2D eigenvalue weighted by molar-refractivity contribution is 0.101. The average molecular weight is 356 g/mol. The SMILES string of the molecule is COc1cc(N)c(Cl)cc1NC(=O)OCCN1CC(C)CC(C)C1. The zero-order valence-electron chi connectivity index (χ0n) is 14.5. The molecule has 1 aromatic carbocycles. The lowest BCUT2D eigenvalue weighted by Gasteiger charge is -2.34. The highest BCUT2D eigenvalue weighted by Gasteiger charge is 2.21. The number of rotatable bonds is 5. The van der Waals surface area contributed by atoms with E-state index in [1.54, 1.807) is 12.1 Å². The molecule has 1 fully saturated rings. The smallest absolute Gasteiger partial charge is 0.411 e. The van der Waals surface area contributed by atoms with E-state index in [1.807, 2.05) is 0 Å². The van der Waals surface area contributed by atoms with E-state index in [0.717, 1.165) is 19.6 Å². The number of anilines is 2. The summed E-state index contributed by atoms with van der Waals surface area (Å²) in [5.74, 6) is 1.81. The Kier molecular flexibility index (Phi) is 6.57. The molecule has 1 aliphatic heterocycles. The number of carbonyl (C=O) groups excluding carboxylic acids is 1. The van der Waals surface area contributed by atoms with Crippen molar-refractivity contribution in [3.05, 3.63) is 17.2 Å². The number of halogens is 1. The molecule has 3 N–H and O–H groups in total. The van der Waals surface area contributed by atoms with Gasteiger partial charge in [0.1, 0.15) is 12.4 Å². The molecule has 1 heterocycles. The van der Waals surface area contributed by atoms with Crippen LogP contribution in [0.2, 0.25) is 5.02 Å². The van der Waals surface area contributed by atoms with Crippen molar-refractivity contribution in [2.45, 2.75) is 20.3 Å². The van der Waals surface area contributed by atoms with Gasteiger partial charge >= 0.3 is 6.09 Å². The Hall–Kier alpha value is -1.66. The minimum atomic E-state index is -0.535. The zero-order chi connectivity index (χ0) is 17.7. The molecule has 24 heavy (non-hydrogen) atoms. The van der Waals surface area contributed by atoms with E-state index in [-0.39, 0.29) is 0 Å². The number of ether oxygens (including phenoxy) is 2. The van der Waals surface area contributed by atoms with E-state index < -0.39 is 6.09 Å². The molecule has 6 nitrogen and oxygen atoms in total. The average Bonchev–Trinajstić information content (AvgIpc) is 2.49. The predicted octanol–water partition coefficient (Wildman–Crippen LogP) is 3.46. The number of carbonyl (C=O) groups is 1. The Bertz CT molecular complexity index is 572. The third kappa shape index (κ3) is 5.18. The molecular weight excluding hydrogens is 330 g/mol. The van der Waals surface area contributed by atoms with Gasteiger partial charge in [-0.2, -0.15) is 0 Å². The van der Waals surface area contributed by atoms with Crippen molar-refractivity contribution in [3.63, 3.8) is 0 Å². The second kappa shape index (κ2) is 8.44. The van der Waals surface area contributed by atoms with Gasteiger partial charge in [0.15, 0.2) is 0 Å². The van der Waals surface area contributed by atoms with Gasteiger partial charge in [-0.3, -0.25) is 10.2 Å². The van der Waals surface area contributed by atoms with Gasteiger partial charge in [0, 0.05) is 25.7 Å². The van der Waals surface area contributed by atoms with Crippen molar-refractivity contribution in [1.29, 1.82) is 0 Å². The van der Waals surface area contributed by atoms with Crippen LogP contribution in [0.5, 0.6) is 5.75 Å². The number of hydrogen-bond acceptors (Lipinski definition) is 5. The fourth-order valence-electron chi connectivity index (χ4n) is 3.22. The number of amides is 1. The van der Waals surface area contributed by atoms with Gasteiger partial charge in [0.2, 0.25) is 0 Å². The molecule has 1 saturated heterocycles. The highest BCUT2D eigenvalue weighted by molar-refractivity contribution is 6.33. The van der Waals surface area contributed by atoms with Gasteiger partial charge < -0.3 is 15.2 Å². The van der Waals surface area contributed by atoms with Gasteiger partial charge in [-0.05, 0) is 24.3 Å². The van der Waals surface area contributed by atoms with Crippen LogP contribution in [0.25, 0.3) is 0 Å². The number of methoxy groups -OCH3 is 1. The molecule has 1 aliphatic rings. The number of likely N-dealkylation sites (tertiary alicyclic amines) is 1. The number of benzene rings is 1. The van der Waals surface area contributed by atoms with Crippen LogP contribution in [0.1, 0.15) is 20.3 Å². The Morgan fingerprint density at radius 1 is 1.38 bits per heavy atom. The summed E-state index contributed by atoms with van der Waals surface area (Å²) in [6.07, 6.45) is 0.725. The van der Waals surface area contributed by atoms with Gasteiger partial charge in [0.25, 0.3) is 0 Å². The molecule has 2 unspecified atom stereocenters. The fourth-order valence-corrected chi connectivity index (χ4v) is 3.39. The normalized spacial score (nSPS) is 21.3. The number of nitrogens with one attached hydrogen (secondary N) is 1. The van der Waals surface area contributed by atoms with Crippen molar-refractivity contribution in [1.82, 2.24) is 4.90 Å². The predicted molar refractivity (Wildman–Crippen MR) is 96.8 cm³/mol. The minimum absolute atomic E-state index is 0.344. The van der Waals surface area contributed by atoms with Crippen LogP contribution in [0.15, 0.2) is 12.1 Å². The summed E-state index contributed by atoms with van der Waals surface area (Å²) in [5, 5.41) is 2.99. The molecule has 2 atom stereocenters. The van der Waals surface area contributed by atoms with E-state index in [2.05, 4.69) is 24.1 Å². The van der Waals surface area contributed by atoms with E-state index in [9.17, 15) is 4.79 Å². The maximum absolute atomic E-state index is 12.0. The van der Waals surface area contributed by atoms with Gasteiger partial charge in [0.05, 0.1) is 23.5 Å². The topological polar surface area (TPSA) is 76.8 Å². The molecule has 0 spiro atoms. The number of nitrogens with two attached hydrogens (primary N) is 1. The standard InChI is InChI=1S/C17H26ClN3O3/c1-11-6-12(2)10-21(9-11)4-5-24-17(22)20-15-7-13(18)14(19)8-16(15)23-3/h7-8,11-12H,4-6,9-10,19H2,1-3H3,(H,20,22). The first-order valence-electron chi connectivity index (χ1n) is 8.18. The number of hydrogen-bond donors (Lipinski definition) is 2. The lowest BCUT2D eigenvalue weighted by atomic mass is 9.92. The van der Waals surface area contributed by atoms with Crippen LogP contribution in [0, 0.1) is 11.8 Å². The van der Waals surface area contributed by atoms with E-state index in [1.165, 1.54) is 13.5 Å². The first kappa shape index (κ1) is 18.7. The zero-order valence-corrected chi connectivity index (χ0v) is 15.2. The summed E-state index contributed by atoms with van der Waals surface area (Å²) >= 11 is 5.98. The fraction of sp³-hybridized carbons (Fsp3) is 0.588. The largest absolute Gasteiger partial charge is 0.494 e. The molecule has 0 aliphatic carbocycles. The van der Waals surface area contributed by atoms with Crippen molar-refractivity contribution < 1.29 is 14.3 Å². The van der Waals surface area contributed by atoms with Crippen molar-refractivity contribution >= 4 is 29.1 Å². The monoisotopic (exact) mass is 355 g/mol. The quantitative estimate of drug-likeness (QED) is 0.791. The Labute approximate surface area is 148 Å². The Balaban J connectivity index is 1.82. The maximum Gasteiger partial charge on any atom is 0.411 e. The first-order valence-corrected chi connectivity index (χ1v) is 8.56. The summed E-state index contributed by atoms with van der Waals surface area (Å²) in [4.78, 5) is 14.3. The Morgan fingerprint density at radius 3 is 2.67 bits per heavy atom. The highest BCUT2D eigenvalue weighted by Crippen LogP contribution is 2.32. The number of piperidine rings is 1. The second-order valence-corrected chi connectivity index (χ2v) is 6.95. The molecule has 0 saturated carbocycles. The molecule has 0 bridgehead atoms. The molecule has 0 aromatic heterocycles. The number of nitrogen functional groups attached to an aromatic ring is 1. The van der Waals surface area contributed by atoms with Crippen LogP contribution >= 0.6 is 11.6 Å². The molecule has 2 rings (SSSR count). The van der Waals surface area contributed by atoms with Crippen molar-refractivity contribution in [2.75, 3.05) is 44.4 Å². The molecule has 0 radical (unpaired) electrons. The molecule has 1 amide bonds. The minimum Gasteiger partial charge on any atom is -0.494 e. The first-order chi connectivity index (χ1) is 11.4. The molecule has 1 aromatic rings. The third-order valence-corrected chi connectivity index (χ3v) is 4.47. The summed E-state index contributed by atoms with van der Waals surface area (Å²) in [7, 11) is 1.50. The van der Waals surface area contributed by atoms with Crippen LogP contribution in [-0.4, -0.2) is 44.3 Å².